The van der Waals surface area contributed by atoms with E-state index in [0.717, 1.165) is 0 Å². The van der Waals surface area contributed by atoms with E-state index in [1.807, 2.05) is 0 Å². The van der Waals surface area contributed by atoms with Gasteiger partial charge in [0.2, 0.25) is 0 Å². The second kappa shape index (κ2) is 18.0. The summed E-state index contributed by atoms with van der Waals surface area (Å²) < 4.78 is 34.1. The highest BCUT2D eigenvalue weighted by atomic mass is 32.3. The summed E-state index contributed by atoms with van der Waals surface area (Å²) in [5.41, 5.74) is 3.27. The molecule has 0 unspecified atom stereocenters. The van der Waals surface area contributed by atoms with Gasteiger partial charge in [-0.25, -0.2) is 0 Å². The van der Waals surface area contributed by atoms with Crippen molar-refractivity contribution in [1.82, 2.24) is 0 Å². The molecule has 5 heteroatoms. The second-order valence-corrected chi connectivity index (χ2v) is 9.89. The molecule has 4 nitrogen and oxygen atoms in total. The van der Waals surface area contributed by atoms with Crippen molar-refractivity contribution in [2.75, 3.05) is 0 Å². The summed E-state index contributed by atoms with van der Waals surface area (Å²) in [6.45, 7) is 4.60. The summed E-state index contributed by atoms with van der Waals surface area (Å²) in [6.07, 6.45) is 22.1. The van der Waals surface area contributed by atoms with Crippen LogP contribution in [0.2, 0.25) is 0 Å². The fourth-order valence-electron chi connectivity index (χ4n) is 4.44. The fraction of sp³-hybridized carbons (Fsp3) is 0.643. The van der Waals surface area contributed by atoms with Crippen molar-refractivity contribution in [2.24, 2.45) is 0 Å². The number of aryl methyl sites for hydroxylation is 2. The molecule has 0 radical (unpaired) electrons. The predicted octanol–water partition coefficient (Wildman–Crippen LogP) is 8.09. The summed E-state index contributed by atoms with van der Waals surface area (Å²) in [6, 6.07) is 13.8. The van der Waals surface area contributed by atoms with Gasteiger partial charge in [-0.3, -0.25) is 8.42 Å². The predicted molar refractivity (Wildman–Crippen MR) is 138 cm³/mol. The van der Waals surface area contributed by atoms with E-state index in [-0.39, 0.29) is 0 Å². The van der Waals surface area contributed by atoms with Crippen LogP contribution >= 0.6 is 0 Å². The van der Waals surface area contributed by atoms with Gasteiger partial charge in [-0.2, -0.15) is 0 Å². The Balaban J connectivity index is 0.000000981. The van der Waals surface area contributed by atoms with Crippen LogP contribution in [-0.2, 0) is 23.2 Å². The van der Waals surface area contributed by atoms with E-state index < -0.39 is 10.4 Å². The largest absolute Gasteiger partial charge is 0.759 e. The van der Waals surface area contributed by atoms with Crippen LogP contribution in [0.1, 0.15) is 115 Å². The van der Waals surface area contributed by atoms with Gasteiger partial charge in [0.1, 0.15) is 0 Å². The molecule has 33 heavy (non-hydrogen) atoms. The molecule has 2 aromatic carbocycles. The Kier molecular flexibility index (Phi) is 16.1. The molecule has 0 heterocycles. The zero-order chi connectivity index (χ0) is 24.4. The lowest BCUT2D eigenvalue weighted by Crippen LogP contribution is -1.97. The van der Waals surface area contributed by atoms with Crippen LogP contribution in [0, 0.1) is 0 Å². The van der Waals surface area contributed by atoms with Gasteiger partial charge in [0.05, 0.1) is 0 Å². The molecule has 188 valence electrons. The first kappa shape index (κ1) is 29.6. The van der Waals surface area contributed by atoms with Crippen LogP contribution in [0.5, 0.6) is 0 Å². The molecule has 0 bridgehead atoms. The second-order valence-electron chi connectivity index (χ2n) is 9.08. The third-order valence-corrected chi connectivity index (χ3v) is 6.22. The maximum absolute atomic E-state index is 8.52. The lowest BCUT2D eigenvalue weighted by atomic mass is 9.91. The minimum Gasteiger partial charge on any atom is -0.759 e. The summed E-state index contributed by atoms with van der Waals surface area (Å²) in [4.78, 5) is 0. The number of rotatable bonds is 16. The lowest BCUT2D eigenvalue weighted by molar-refractivity contribution is 0.352. The molecule has 0 N–H and O–H groups in total. The highest BCUT2D eigenvalue weighted by molar-refractivity contribution is 7.79. The molecule has 2 rings (SSSR count). The zero-order valence-electron chi connectivity index (χ0n) is 20.8. The molecule has 0 aliphatic carbocycles. The monoisotopic (exact) mass is 476 g/mol. The molecule has 0 aliphatic rings. The summed E-state index contributed by atoms with van der Waals surface area (Å²) >= 11 is 0. The van der Waals surface area contributed by atoms with Gasteiger partial charge in [0.25, 0.3) is 0 Å². The molecule has 0 saturated carbocycles. The van der Waals surface area contributed by atoms with Crippen LogP contribution in [0.3, 0.4) is 0 Å². The van der Waals surface area contributed by atoms with Gasteiger partial charge in [0.15, 0.2) is 0 Å². The first-order valence-electron chi connectivity index (χ1n) is 13.0. The third kappa shape index (κ3) is 15.2. The molecule has 0 aromatic heterocycles. The highest BCUT2D eigenvalue weighted by Crippen LogP contribution is 2.26. The quantitative estimate of drug-likeness (QED) is 0.139. The minimum atomic E-state index is -5.17. The maximum Gasteiger partial charge on any atom is 0.0311 e. The molecule has 0 aliphatic heterocycles. The Morgan fingerprint density at radius 3 is 1.61 bits per heavy atom. The van der Waals surface area contributed by atoms with Crippen molar-refractivity contribution in [3.63, 3.8) is 0 Å². The van der Waals surface area contributed by atoms with E-state index in [9.17, 15) is 0 Å². The summed E-state index contributed by atoms with van der Waals surface area (Å²) in [7, 11) is -5.17. The van der Waals surface area contributed by atoms with Crippen molar-refractivity contribution in [2.45, 2.75) is 117 Å². The van der Waals surface area contributed by atoms with Crippen molar-refractivity contribution < 1.29 is 17.5 Å². The Hall–Kier alpha value is -1.43. The van der Waals surface area contributed by atoms with Crippen molar-refractivity contribution in [1.29, 1.82) is 0 Å². The van der Waals surface area contributed by atoms with Gasteiger partial charge in [-0.1, -0.05) is 127 Å². The SMILES string of the molecule is CCCCCCCCCc1ccc2ccccc2c1CCCCCCCCC.O=S(=O)([O-])[O-]. The van der Waals surface area contributed by atoms with Crippen molar-refractivity contribution in [3.8, 4) is 0 Å². The number of hydrogen-bond donors (Lipinski definition) is 0. The average molecular weight is 477 g/mol. The molecule has 0 fully saturated rings. The van der Waals surface area contributed by atoms with Crippen LogP contribution < -0.4 is 0 Å². The smallest absolute Gasteiger partial charge is 0.0311 e. The lowest BCUT2D eigenvalue weighted by Gasteiger charge is -2.14. The van der Waals surface area contributed by atoms with Crippen LogP contribution in [0.15, 0.2) is 36.4 Å². The van der Waals surface area contributed by atoms with Crippen LogP contribution in [-0.4, -0.2) is 17.5 Å². The van der Waals surface area contributed by atoms with E-state index in [2.05, 4.69) is 50.2 Å². The maximum atomic E-state index is 8.52. The van der Waals surface area contributed by atoms with E-state index in [4.69, 9.17) is 17.5 Å². The van der Waals surface area contributed by atoms with Crippen molar-refractivity contribution >= 4 is 21.2 Å². The Morgan fingerprint density at radius 1 is 0.606 bits per heavy atom. The van der Waals surface area contributed by atoms with E-state index in [1.165, 1.54) is 114 Å². The standard InChI is InChI=1S/C28H44.H2O4S/c1-3-5-7-9-11-13-15-19-25-23-24-26-20-17-18-22-28(26)27(25)21-16-14-12-10-8-6-4-2;1-5(2,3)4/h17-18,20,22-24H,3-16,19,21H2,1-2H3;(H2,1,2,3,4)/p-2. The van der Waals surface area contributed by atoms with E-state index >= 15 is 0 Å². The van der Waals surface area contributed by atoms with E-state index in [0.29, 0.717) is 0 Å². The van der Waals surface area contributed by atoms with Gasteiger partial charge in [0, 0.05) is 10.4 Å². The molecular weight excluding hydrogens is 432 g/mol. The van der Waals surface area contributed by atoms with Gasteiger partial charge < -0.3 is 9.11 Å². The number of fused-ring (bicyclic) bond motifs is 1. The fourth-order valence-corrected chi connectivity index (χ4v) is 4.44. The summed E-state index contributed by atoms with van der Waals surface area (Å²) in [5, 5.41) is 2.93. The topological polar surface area (TPSA) is 80.3 Å². The van der Waals surface area contributed by atoms with Gasteiger partial charge in [-0.15, -0.1) is 0 Å². The molecular formula is C28H44O4S-2. The summed E-state index contributed by atoms with van der Waals surface area (Å²) in [5.74, 6) is 0. The number of unbranched alkanes of at least 4 members (excludes halogenated alkanes) is 12. The molecule has 0 saturated heterocycles. The molecule has 2 aromatic rings. The number of benzene rings is 2. The Bertz CT molecular complexity index is 853. The molecule has 0 atom stereocenters. The molecule has 0 amide bonds. The Morgan fingerprint density at radius 2 is 1.06 bits per heavy atom. The number of hydrogen-bond acceptors (Lipinski definition) is 4. The van der Waals surface area contributed by atoms with Crippen LogP contribution in [0.4, 0.5) is 0 Å². The minimum absolute atomic E-state index is 1.26. The molecule has 0 spiro atoms. The first-order valence-corrected chi connectivity index (χ1v) is 14.4. The highest BCUT2D eigenvalue weighted by Gasteiger charge is 2.08. The van der Waals surface area contributed by atoms with Gasteiger partial charge >= 0.3 is 0 Å². The van der Waals surface area contributed by atoms with E-state index in [1.54, 1.807) is 11.1 Å². The zero-order valence-corrected chi connectivity index (χ0v) is 21.6. The first-order chi connectivity index (χ1) is 15.9. The van der Waals surface area contributed by atoms with Crippen LogP contribution in [0.25, 0.3) is 10.8 Å². The average Bonchev–Trinajstić information content (AvgIpc) is 2.77. The Labute approximate surface area is 202 Å². The van der Waals surface area contributed by atoms with Crippen molar-refractivity contribution in [3.05, 3.63) is 47.5 Å². The van der Waals surface area contributed by atoms with Gasteiger partial charge in [-0.05, 0) is 47.6 Å². The third-order valence-electron chi connectivity index (χ3n) is 6.22. The normalized spacial score (nSPS) is 11.4.